The maximum absolute atomic E-state index is 14.3. The van der Waals surface area contributed by atoms with E-state index in [0.717, 1.165) is 17.7 Å². The number of nitrogens with zero attached hydrogens (tertiary/aromatic N) is 2. The summed E-state index contributed by atoms with van der Waals surface area (Å²) in [5, 5.41) is 3.40. The van der Waals surface area contributed by atoms with Gasteiger partial charge in [-0.2, -0.15) is 0 Å². The Morgan fingerprint density at radius 1 is 1.29 bits per heavy atom. The molecule has 0 bridgehead atoms. The Morgan fingerprint density at radius 2 is 2.14 bits per heavy atom. The summed E-state index contributed by atoms with van der Waals surface area (Å²) < 4.78 is 14.3. The molecule has 3 rings (SSSR count). The zero-order valence-corrected chi connectivity index (χ0v) is 12.2. The van der Waals surface area contributed by atoms with Gasteiger partial charge in [0.25, 0.3) is 0 Å². The zero-order chi connectivity index (χ0) is 14.7. The standard InChI is InChI=1S/C17H20FN3/c1-21(12-14-3-2-8-19-10-14)17-7-4-13(9-16(17)18)11-20-15-5-6-15/h2-4,7-10,15,20H,5-6,11-12H2,1H3. The van der Waals surface area contributed by atoms with Crippen LogP contribution in [0.15, 0.2) is 42.7 Å². The largest absolute Gasteiger partial charge is 0.368 e. The molecule has 0 atom stereocenters. The fourth-order valence-corrected chi connectivity index (χ4v) is 2.37. The Morgan fingerprint density at radius 3 is 2.81 bits per heavy atom. The first-order valence-corrected chi connectivity index (χ1v) is 7.34. The second-order valence-electron chi connectivity index (χ2n) is 5.66. The van der Waals surface area contributed by atoms with Gasteiger partial charge in [0.15, 0.2) is 0 Å². The lowest BCUT2D eigenvalue weighted by molar-refractivity contribution is 0.614. The molecule has 0 spiro atoms. The number of aromatic nitrogens is 1. The lowest BCUT2D eigenvalue weighted by Crippen LogP contribution is -2.19. The molecular weight excluding hydrogens is 265 g/mol. The molecule has 1 aromatic heterocycles. The Hall–Kier alpha value is -1.94. The fraction of sp³-hybridized carbons (Fsp3) is 0.353. The molecule has 1 aliphatic carbocycles. The summed E-state index contributed by atoms with van der Waals surface area (Å²) in [4.78, 5) is 5.99. The zero-order valence-electron chi connectivity index (χ0n) is 12.2. The Kier molecular flexibility index (Phi) is 4.15. The summed E-state index contributed by atoms with van der Waals surface area (Å²) >= 11 is 0. The van der Waals surface area contributed by atoms with E-state index in [0.29, 0.717) is 18.3 Å². The molecular formula is C17H20FN3. The summed E-state index contributed by atoms with van der Waals surface area (Å²) in [5.41, 5.74) is 2.69. The lowest BCUT2D eigenvalue weighted by atomic mass is 10.1. The smallest absolute Gasteiger partial charge is 0.146 e. The molecule has 21 heavy (non-hydrogen) atoms. The Balaban J connectivity index is 1.66. The quantitative estimate of drug-likeness (QED) is 0.884. The van der Waals surface area contributed by atoms with Crippen molar-refractivity contribution in [2.24, 2.45) is 0 Å². The minimum absolute atomic E-state index is 0.170. The van der Waals surface area contributed by atoms with E-state index in [9.17, 15) is 4.39 Å². The molecule has 1 saturated carbocycles. The van der Waals surface area contributed by atoms with Crippen LogP contribution < -0.4 is 10.2 Å². The highest BCUT2D eigenvalue weighted by Crippen LogP contribution is 2.23. The number of pyridine rings is 1. The molecule has 110 valence electrons. The van der Waals surface area contributed by atoms with Gasteiger partial charge < -0.3 is 10.2 Å². The van der Waals surface area contributed by atoms with Crippen LogP contribution in [0.25, 0.3) is 0 Å². The van der Waals surface area contributed by atoms with Crippen molar-refractivity contribution in [2.75, 3.05) is 11.9 Å². The van der Waals surface area contributed by atoms with E-state index in [-0.39, 0.29) is 5.82 Å². The number of hydrogen-bond acceptors (Lipinski definition) is 3. The van der Waals surface area contributed by atoms with Crippen molar-refractivity contribution < 1.29 is 4.39 Å². The van der Waals surface area contributed by atoms with E-state index in [1.807, 2.05) is 42.4 Å². The van der Waals surface area contributed by atoms with Gasteiger partial charge in [-0.05, 0) is 42.2 Å². The van der Waals surface area contributed by atoms with Crippen molar-refractivity contribution in [3.05, 3.63) is 59.7 Å². The Bertz CT molecular complexity index is 596. The highest BCUT2D eigenvalue weighted by Gasteiger charge is 2.20. The van der Waals surface area contributed by atoms with Crippen LogP contribution in [-0.4, -0.2) is 18.1 Å². The first-order chi connectivity index (χ1) is 10.2. The molecule has 1 aliphatic rings. The number of benzene rings is 1. The van der Waals surface area contributed by atoms with Gasteiger partial charge in [0.1, 0.15) is 5.82 Å². The third kappa shape index (κ3) is 3.79. The second-order valence-corrected chi connectivity index (χ2v) is 5.66. The molecule has 0 amide bonds. The molecule has 0 unspecified atom stereocenters. The van der Waals surface area contributed by atoms with Crippen LogP contribution in [-0.2, 0) is 13.1 Å². The average Bonchev–Trinajstić information content (AvgIpc) is 3.30. The molecule has 1 fully saturated rings. The van der Waals surface area contributed by atoms with Gasteiger partial charge >= 0.3 is 0 Å². The second kappa shape index (κ2) is 6.22. The van der Waals surface area contributed by atoms with Crippen LogP contribution >= 0.6 is 0 Å². The highest BCUT2D eigenvalue weighted by atomic mass is 19.1. The van der Waals surface area contributed by atoms with Crippen LogP contribution in [0.5, 0.6) is 0 Å². The summed E-state index contributed by atoms with van der Waals surface area (Å²) in [6, 6.07) is 10.0. The van der Waals surface area contributed by atoms with E-state index in [1.165, 1.54) is 12.8 Å². The van der Waals surface area contributed by atoms with Gasteiger partial charge in [0.2, 0.25) is 0 Å². The highest BCUT2D eigenvalue weighted by molar-refractivity contribution is 5.49. The van der Waals surface area contributed by atoms with Crippen molar-refractivity contribution in [3.8, 4) is 0 Å². The maximum Gasteiger partial charge on any atom is 0.146 e. The number of anilines is 1. The van der Waals surface area contributed by atoms with E-state index < -0.39 is 0 Å². The van der Waals surface area contributed by atoms with Gasteiger partial charge in [-0.25, -0.2) is 4.39 Å². The normalized spacial score (nSPS) is 14.2. The molecule has 0 saturated heterocycles. The van der Waals surface area contributed by atoms with Crippen molar-refractivity contribution in [1.29, 1.82) is 0 Å². The number of nitrogens with one attached hydrogen (secondary N) is 1. The third-order valence-corrected chi connectivity index (χ3v) is 3.74. The van der Waals surface area contributed by atoms with Gasteiger partial charge in [0, 0.05) is 38.6 Å². The molecule has 0 radical (unpaired) electrons. The summed E-state index contributed by atoms with van der Waals surface area (Å²) in [6.07, 6.45) is 6.04. The van der Waals surface area contributed by atoms with Crippen molar-refractivity contribution in [1.82, 2.24) is 10.3 Å². The van der Waals surface area contributed by atoms with Gasteiger partial charge in [-0.15, -0.1) is 0 Å². The minimum Gasteiger partial charge on any atom is -0.368 e. The minimum atomic E-state index is -0.170. The SMILES string of the molecule is CN(Cc1cccnc1)c1ccc(CNC2CC2)cc1F. The summed E-state index contributed by atoms with van der Waals surface area (Å²) in [5.74, 6) is -0.170. The van der Waals surface area contributed by atoms with Crippen molar-refractivity contribution >= 4 is 5.69 Å². The Labute approximate surface area is 124 Å². The van der Waals surface area contributed by atoms with Crippen LogP contribution in [0, 0.1) is 5.82 Å². The van der Waals surface area contributed by atoms with Crippen LogP contribution in [0.4, 0.5) is 10.1 Å². The van der Waals surface area contributed by atoms with Crippen LogP contribution in [0.3, 0.4) is 0 Å². The number of rotatable bonds is 6. The lowest BCUT2D eigenvalue weighted by Gasteiger charge is -2.20. The van der Waals surface area contributed by atoms with Crippen LogP contribution in [0.1, 0.15) is 24.0 Å². The molecule has 1 N–H and O–H groups in total. The molecule has 1 aromatic carbocycles. The molecule has 4 heteroatoms. The maximum atomic E-state index is 14.3. The number of halogens is 1. The predicted molar refractivity (Wildman–Crippen MR) is 82.6 cm³/mol. The number of hydrogen-bond donors (Lipinski definition) is 1. The third-order valence-electron chi connectivity index (χ3n) is 3.74. The fourth-order valence-electron chi connectivity index (χ4n) is 2.37. The van der Waals surface area contributed by atoms with E-state index in [1.54, 1.807) is 12.3 Å². The molecule has 2 aromatic rings. The molecule has 0 aliphatic heterocycles. The van der Waals surface area contributed by atoms with Crippen LogP contribution in [0.2, 0.25) is 0 Å². The van der Waals surface area contributed by atoms with Gasteiger partial charge in [0.05, 0.1) is 5.69 Å². The summed E-state index contributed by atoms with van der Waals surface area (Å²) in [6.45, 7) is 1.39. The van der Waals surface area contributed by atoms with E-state index in [2.05, 4.69) is 10.3 Å². The predicted octanol–water partition coefficient (Wildman–Crippen LogP) is 3.11. The molecule has 1 heterocycles. The van der Waals surface area contributed by atoms with Crippen molar-refractivity contribution in [2.45, 2.75) is 32.0 Å². The molecule has 3 nitrogen and oxygen atoms in total. The van der Waals surface area contributed by atoms with Gasteiger partial charge in [-0.3, -0.25) is 4.98 Å². The summed E-state index contributed by atoms with van der Waals surface area (Å²) in [7, 11) is 1.90. The average molecular weight is 285 g/mol. The van der Waals surface area contributed by atoms with Crippen molar-refractivity contribution in [3.63, 3.8) is 0 Å². The van der Waals surface area contributed by atoms with E-state index >= 15 is 0 Å². The first-order valence-electron chi connectivity index (χ1n) is 7.34. The van der Waals surface area contributed by atoms with Gasteiger partial charge in [-0.1, -0.05) is 12.1 Å². The topological polar surface area (TPSA) is 28.2 Å². The monoisotopic (exact) mass is 285 g/mol. The first kappa shape index (κ1) is 14.0. The van der Waals surface area contributed by atoms with E-state index in [4.69, 9.17) is 0 Å².